The third kappa shape index (κ3) is 7.06. The largest absolute Gasteiger partial charge is 0.354 e. The average molecular weight is 518 g/mol. The van der Waals surface area contributed by atoms with E-state index in [2.05, 4.69) is 5.32 Å². The van der Waals surface area contributed by atoms with Crippen LogP contribution in [0.4, 0.5) is 10.1 Å². The molecule has 2 rings (SSSR count). The monoisotopic (exact) mass is 517 g/mol. The summed E-state index contributed by atoms with van der Waals surface area (Å²) >= 11 is 12.2. The Balaban J connectivity index is 2.43. The molecule has 1 N–H and O–H groups in total. The molecule has 2 aromatic carbocycles. The standard InChI is InChI=1S/C22H26Cl2FN3O4S/c1-4-12-26-22(30)15(2)27(13-16-8-5-6-10-18(16)25)20(29)14-28(33(3,31)32)19-11-7-9-17(23)21(19)24/h5-11,15H,4,12-14H2,1-3H3,(H,26,30)/t15-/m1/s1. The number of hydrogen-bond donors (Lipinski definition) is 1. The van der Waals surface area contributed by atoms with Crippen molar-refractivity contribution in [2.45, 2.75) is 32.9 Å². The van der Waals surface area contributed by atoms with Crippen molar-refractivity contribution in [3.8, 4) is 0 Å². The van der Waals surface area contributed by atoms with Crippen LogP contribution in [-0.4, -0.2) is 50.5 Å². The summed E-state index contributed by atoms with van der Waals surface area (Å²) in [5.74, 6) is -1.69. The summed E-state index contributed by atoms with van der Waals surface area (Å²) in [5.41, 5.74) is 0.210. The van der Waals surface area contributed by atoms with Crippen LogP contribution in [0, 0.1) is 5.82 Å². The van der Waals surface area contributed by atoms with Gasteiger partial charge in [-0.25, -0.2) is 12.8 Å². The first-order chi connectivity index (χ1) is 15.5. The van der Waals surface area contributed by atoms with Crippen LogP contribution in [0.25, 0.3) is 0 Å². The lowest BCUT2D eigenvalue weighted by Crippen LogP contribution is -2.51. The Hall–Kier alpha value is -2.36. The normalized spacial score (nSPS) is 12.2. The fourth-order valence-corrected chi connectivity index (χ4v) is 4.37. The summed E-state index contributed by atoms with van der Waals surface area (Å²) in [5, 5.41) is 2.78. The van der Waals surface area contributed by atoms with Crippen LogP contribution in [0.3, 0.4) is 0 Å². The SMILES string of the molecule is CCCNC(=O)[C@@H](C)N(Cc1ccccc1F)C(=O)CN(c1cccc(Cl)c1Cl)S(C)(=O)=O. The molecule has 11 heteroatoms. The van der Waals surface area contributed by atoms with E-state index in [0.717, 1.165) is 15.5 Å². The van der Waals surface area contributed by atoms with Gasteiger partial charge in [-0.05, 0) is 31.5 Å². The quantitative estimate of drug-likeness (QED) is 0.518. The van der Waals surface area contributed by atoms with Gasteiger partial charge in [-0.15, -0.1) is 0 Å². The van der Waals surface area contributed by atoms with Crippen LogP contribution in [0.2, 0.25) is 10.0 Å². The van der Waals surface area contributed by atoms with E-state index in [9.17, 15) is 22.4 Å². The molecule has 0 aromatic heterocycles. The lowest BCUT2D eigenvalue weighted by Gasteiger charge is -2.31. The van der Waals surface area contributed by atoms with Crippen molar-refractivity contribution in [2.24, 2.45) is 0 Å². The molecule has 0 aliphatic carbocycles. The smallest absolute Gasteiger partial charge is 0.244 e. The fraction of sp³-hybridized carbons (Fsp3) is 0.364. The predicted octanol–water partition coefficient (Wildman–Crippen LogP) is 3.84. The molecule has 0 saturated heterocycles. The van der Waals surface area contributed by atoms with Gasteiger partial charge in [-0.2, -0.15) is 0 Å². The summed E-state index contributed by atoms with van der Waals surface area (Å²) in [7, 11) is -3.96. The molecule has 0 unspecified atom stereocenters. The first-order valence-corrected chi connectivity index (χ1v) is 12.8. The van der Waals surface area contributed by atoms with Crippen molar-refractivity contribution in [1.29, 1.82) is 0 Å². The third-order valence-electron chi connectivity index (χ3n) is 4.89. The molecule has 2 aromatic rings. The summed E-state index contributed by atoms with van der Waals surface area (Å²) in [4.78, 5) is 27.1. The number of carbonyl (C=O) groups is 2. The van der Waals surface area contributed by atoms with Gasteiger partial charge in [-0.1, -0.05) is 54.4 Å². The topological polar surface area (TPSA) is 86.8 Å². The molecule has 0 bridgehead atoms. The zero-order chi connectivity index (χ0) is 24.8. The van der Waals surface area contributed by atoms with E-state index in [1.807, 2.05) is 6.92 Å². The van der Waals surface area contributed by atoms with E-state index >= 15 is 0 Å². The van der Waals surface area contributed by atoms with Crippen LogP contribution in [0.5, 0.6) is 0 Å². The molecular formula is C22H26Cl2FN3O4S. The fourth-order valence-electron chi connectivity index (χ4n) is 3.07. The van der Waals surface area contributed by atoms with Gasteiger partial charge < -0.3 is 10.2 Å². The summed E-state index contributed by atoms with van der Waals surface area (Å²) in [6, 6.07) is 9.28. The van der Waals surface area contributed by atoms with Crippen LogP contribution in [0.15, 0.2) is 42.5 Å². The molecule has 0 aliphatic rings. The number of sulfonamides is 1. The maximum absolute atomic E-state index is 14.3. The molecule has 0 radical (unpaired) electrons. The molecular weight excluding hydrogens is 492 g/mol. The Morgan fingerprint density at radius 1 is 1.12 bits per heavy atom. The Bertz CT molecular complexity index is 1110. The molecule has 0 heterocycles. The number of rotatable bonds is 10. The number of hydrogen-bond acceptors (Lipinski definition) is 4. The minimum Gasteiger partial charge on any atom is -0.354 e. The minimum atomic E-state index is -3.96. The predicted molar refractivity (Wildman–Crippen MR) is 128 cm³/mol. The van der Waals surface area contributed by atoms with Gasteiger partial charge in [0.25, 0.3) is 0 Å². The summed E-state index contributed by atoms with van der Waals surface area (Å²) in [6.45, 7) is 2.90. The van der Waals surface area contributed by atoms with Crippen LogP contribution < -0.4 is 9.62 Å². The van der Waals surface area contributed by atoms with Crippen LogP contribution >= 0.6 is 23.2 Å². The van der Waals surface area contributed by atoms with E-state index < -0.39 is 40.2 Å². The molecule has 7 nitrogen and oxygen atoms in total. The highest BCUT2D eigenvalue weighted by Crippen LogP contribution is 2.33. The number of anilines is 1. The summed E-state index contributed by atoms with van der Waals surface area (Å²) < 4.78 is 40.2. The molecule has 1 atom stereocenters. The van der Waals surface area contributed by atoms with E-state index in [-0.39, 0.29) is 27.8 Å². The van der Waals surface area contributed by atoms with Gasteiger partial charge >= 0.3 is 0 Å². The summed E-state index contributed by atoms with van der Waals surface area (Å²) in [6.07, 6.45) is 1.62. The van der Waals surface area contributed by atoms with Gasteiger partial charge in [0, 0.05) is 18.7 Å². The minimum absolute atomic E-state index is 0.0222. The maximum atomic E-state index is 14.3. The number of amides is 2. The first kappa shape index (κ1) is 26.9. The van der Waals surface area contributed by atoms with Gasteiger partial charge in [-0.3, -0.25) is 13.9 Å². The van der Waals surface area contributed by atoms with Crippen molar-refractivity contribution in [3.05, 3.63) is 63.9 Å². The molecule has 33 heavy (non-hydrogen) atoms. The van der Waals surface area contributed by atoms with E-state index in [4.69, 9.17) is 23.2 Å². The Labute approximate surface area is 203 Å². The molecule has 0 fully saturated rings. The lowest BCUT2D eigenvalue weighted by molar-refractivity contribution is -0.139. The van der Waals surface area contributed by atoms with Crippen LogP contribution in [0.1, 0.15) is 25.8 Å². The second kappa shape index (κ2) is 11.7. The number of nitrogens with zero attached hydrogens (tertiary/aromatic N) is 2. The van der Waals surface area contributed by atoms with Crippen molar-refractivity contribution in [2.75, 3.05) is 23.7 Å². The Morgan fingerprint density at radius 2 is 1.79 bits per heavy atom. The third-order valence-corrected chi connectivity index (χ3v) is 6.83. The van der Waals surface area contributed by atoms with Crippen molar-refractivity contribution < 1.29 is 22.4 Å². The highest BCUT2D eigenvalue weighted by molar-refractivity contribution is 7.92. The van der Waals surface area contributed by atoms with E-state index in [1.165, 1.54) is 43.3 Å². The molecule has 0 saturated carbocycles. The van der Waals surface area contributed by atoms with E-state index in [1.54, 1.807) is 6.07 Å². The second-order valence-electron chi connectivity index (χ2n) is 7.42. The zero-order valence-corrected chi connectivity index (χ0v) is 20.8. The zero-order valence-electron chi connectivity index (χ0n) is 18.5. The first-order valence-electron chi connectivity index (χ1n) is 10.2. The van der Waals surface area contributed by atoms with Crippen molar-refractivity contribution in [1.82, 2.24) is 10.2 Å². The molecule has 0 spiro atoms. The molecule has 180 valence electrons. The lowest BCUT2D eigenvalue weighted by atomic mass is 10.1. The van der Waals surface area contributed by atoms with Crippen molar-refractivity contribution >= 4 is 50.7 Å². The molecule has 2 amide bonds. The number of halogens is 3. The van der Waals surface area contributed by atoms with E-state index in [0.29, 0.717) is 13.0 Å². The van der Waals surface area contributed by atoms with Gasteiger partial charge in [0.1, 0.15) is 18.4 Å². The van der Waals surface area contributed by atoms with Gasteiger partial charge in [0.2, 0.25) is 21.8 Å². The highest BCUT2D eigenvalue weighted by atomic mass is 35.5. The molecule has 0 aliphatic heterocycles. The Kier molecular flexibility index (Phi) is 9.51. The van der Waals surface area contributed by atoms with Crippen molar-refractivity contribution in [3.63, 3.8) is 0 Å². The van der Waals surface area contributed by atoms with Crippen LogP contribution in [-0.2, 0) is 26.2 Å². The van der Waals surface area contributed by atoms with Gasteiger partial charge in [0.05, 0.1) is 22.0 Å². The Morgan fingerprint density at radius 3 is 2.39 bits per heavy atom. The number of nitrogens with one attached hydrogen (secondary N) is 1. The highest BCUT2D eigenvalue weighted by Gasteiger charge is 2.31. The number of benzene rings is 2. The average Bonchev–Trinajstić information content (AvgIpc) is 2.76. The maximum Gasteiger partial charge on any atom is 0.244 e. The number of carbonyl (C=O) groups excluding carboxylic acids is 2. The van der Waals surface area contributed by atoms with Gasteiger partial charge in [0.15, 0.2) is 0 Å². The second-order valence-corrected chi connectivity index (χ2v) is 10.1.